The van der Waals surface area contributed by atoms with Crippen LogP contribution in [0.15, 0.2) is 27.4 Å². The highest BCUT2D eigenvalue weighted by Gasteiger charge is 2.18. The van der Waals surface area contributed by atoms with Crippen molar-refractivity contribution < 1.29 is 13.9 Å². The molecule has 6 nitrogen and oxygen atoms in total. The van der Waals surface area contributed by atoms with Crippen LogP contribution in [0.5, 0.6) is 0 Å². The van der Waals surface area contributed by atoms with Gasteiger partial charge in [-0.05, 0) is 45.4 Å². The van der Waals surface area contributed by atoms with Gasteiger partial charge < -0.3 is 14.5 Å². The summed E-state index contributed by atoms with van der Waals surface area (Å²) in [6.45, 7) is 7.25. The standard InChI is InChI=1S/C14H18N2O4/c1-8(15-13(18)20-14(2,3)4)9-5-6-11-10(7-9)16-12(17)19-11/h5-8H,1-4H3,(H,15,18)(H,16,17). The first-order valence-corrected chi connectivity index (χ1v) is 6.37. The molecule has 2 aromatic rings. The number of rotatable bonds is 2. The number of benzene rings is 1. The Labute approximate surface area is 116 Å². The first-order valence-electron chi connectivity index (χ1n) is 6.37. The van der Waals surface area contributed by atoms with Gasteiger partial charge in [-0.3, -0.25) is 4.98 Å². The molecule has 0 aliphatic heterocycles. The van der Waals surface area contributed by atoms with E-state index in [4.69, 9.17) is 9.15 Å². The van der Waals surface area contributed by atoms with Gasteiger partial charge in [0.1, 0.15) is 5.60 Å². The average molecular weight is 278 g/mol. The molecule has 1 atom stereocenters. The molecule has 0 aliphatic carbocycles. The number of nitrogens with one attached hydrogen (secondary N) is 2. The smallest absolute Gasteiger partial charge is 0.417 e. The molecule has 2 rings (SSSR count). The molecule has 20 heavy (non-hydrogen) atoms. The number of aromatic amines is 1. The van der Waals surface area contributed by atoms with Crippen molar-refractivity contribution in [1.82, 2.24) is 10.3 Å². The third kappa shape index (κ3) is 3.40. The second-order valence-corrected chi connectivity index (χ2v) is 5.64. The van der Waals surface area contributed by atoms with Crippen molar-refractivity contribution in [2.24, 2.45) is 0 Å². The highest BCUT2D eigenvalue weighted by atomic mass is 16.6. The summed E-state index contributed by atoms with van der Waals surface area (Å²) in [6, 6.07) is 5.01. The summed E-state index contributed by atoms with van der Waals surface area (Å²) >= 11 is 0. The van der Waals surface area contributed by atoms with E-state index in [0.29, 0.717) is 11.1 Å². The molecule has 0 bridgehead atoms. The minimum absolute atomic E-state index is 0.243. The van der Waals surface area contributed by atoms with Gasteiger partial charge in [0.25, 0.3) is 0 Å². The number of fused-ring (bicyclic) bond motifs is 1. The van der Waals surface area contributed by atoms with Crippen molar-refractivity contribution in [1.29, 1.82) is 0 Å². The summed E-state index contributed by atoms with van der Waals surface area (Å²) in [6.07, 6.45) is -0.481. The molecule has 0 radical (unpaired) electrons. The molecule has 108 valence electrons. The van der Waals surface area contributed by atoms with Crippen molar-refractivity contribution in [2.75, 3.05) is 0 Å². The molecule has 1 aromatic carbocycles. The second kappa shape index (κ2) is 5.03. The number of ether oxygens (including phenoxy) is 1. The number of carbonyl (C=O) groups is 1. The topological polar surface area (TPSA) is 84.3 Å². The molecule has 1 aromatic heterocycles. The number of amides is 1. The van der Waals surface area contributed by atoms with E-state index in [1.807, 2.05) is 6.92 Å². The highest BCUT2D eigenvalue weighted by molar-refractivity contribution is 5.73. The van der Waals surface area contributed by atoms with Crippen molar-refractivity contribution in [3.63, 3.8) is 0 Å². The normalized spacial score (nSPS) is 13.2. The lowest BCUT2D eigenvalue weighted by Gasteiger charge is -2.22. The Kier molecular flexibility index (Phi) is 3.57. The highest BCUT2D eigenvalue weighted by Crippen LogP contribution is 2.18. The van der Waals surface area contributed by atoms with E-state index in [0.717, 1.165) is 5.56 Å². The fourth-order valence-electron chi connectivity index (χ4n) is 1.81. The zero-order chi connectivity index (χ0) is 14.9. The Balaban J connectivity index is 2.12. The predicted molar refractivity (Wildman–Crippen MR) is 74.6 cm³/mol. The van der Waals surface area contributed by atoms with Crippen LogP contribution in [0.25, 0.3) is 11.1 Å². The third-order valence-electron chi connectivity index (χ3n) is 2.68. The Bertz CT molecular complexity index is 678. The van der Waals surface area contributed by atoms with Crippen molar-refractivity contribution in [3.8, 4) is 0 Å². The zero-order valence-corrected chi connectivity index (χ0v) is 11.9. The van der Waals surface area contributed by atoms with Crippen LogP contribution in [0.3, 0.4) is 0 Å². The molecule has 0 spiro atoms. The van der Waals surface area contributed by atoms with Gasteiger partial charge in [-0.1, -0.05) is 6.07 Å². The van der Waals surface area contributed by atoms with Gasteiger partial charge in [-0.25, -0.2) is 9.59 Å². The maximum Gasteiger partial charge on any atom is 0.417 e. The van der Waals surface area contributed by atoms with E-state index < -0.39 is 17.5 Å². The SMILES string of the molecule is CC(NC(=O)OC(C)(C)C)c1ccc2oc(=O)[nH]c2c1. The summed E-state index contributed by atoms with van der Waals surface area (Å²) < 4.78 is 10.1. The molecule has 0 saturated heterocycles. The number of hydrogen-bond donors (Lipinski definition) is 2. The number of alkyl carbamates (subject to hydrolysis) is 1. The first kappa shape index (κ1) is 14.2. The molecular formula is C14H18N2O4. The van der Waals surface area contributed by atoms with Crippen LogP contribution in [0.2, 0.25) is 0 Å². The quantitative estimate of drug-likeness (QED) is 0.884. The van der Waals surface area contributed by atoms with Crippen LogP contribution in [-0.2, 0) is 4.74 Å². The molecule has 0 aliphatic rings. The molecule has 0 saturated carbocycles. The predicted octanol–water partition coefficient (Wildman–Crippen LogP) is 2.71. The average Bonchev–Trinajstić information content (AvgIpc) is 2.64. The van der Waals surface area contributed by atoms with E-state index in [1.54, 1.807) is 39.0 Å². The third-order valence-corrected chi connectivity index (χ3v) is 2.68. The Morgan fingerprint density at radius 3 is 2.75 bits per heavy atom. The van der Waals surface area contributed by atoms with Crippen LogP contribution in [-0.4, -0.2) is 16.7 Å². The lowest BCUT2D eigenvalue weighted by Crippen LogP contribution is -2.34. The second-order valence-electron chi connectivity index (χ2n) is 5.64. The zero-order valence-electron chi connectivity index (χ0n) is 11.9. The van der Waals surface area contributed by atoms with Gasteiger partial charge in [0.05, 0.1) is 11.6 Å². The minimum atomic E-state index is -0.538. The van der Waals surface area contributed by atoms with E-state index in [1.165, 1.54) is 0 Å². The van der Waals surface area contributed by atoms with Crippen LogP contribution in [0.1, 0.15) is 39.3 Å². The maximum atomic E-state index is 11.7. The van der Waals surface area contributed by atoms with Gasteiger partial charge in [-0.2, -0.15) is 0 Å². The summed E-state index contributed by atoms with van der Waals surface area (Å²) in [5, 5.41) is 2.74. The number of carbonyl (C=O) groups excluding carboxylic acids is 1. The van der Waals surface area contributed by atoms with Gasteiger partial charge in [-0.15, -0.1) is 0 Å². The van der Waals surface area contributed by atoms with Gasteiger partial charge in [0.2, 0.25) is 0 Å². The molecule has 6 heteroatoms. The van der Waals surface area contributed by atoms with Gasteiger partial charge >= 0.3 is 11.8 Å². The number of oxazole rings is 1. The number of H-pyrrole nitrogens is 1. The van der Waals surface area contributed by atoms with E-state index in [9.17, 15) is 9.59 Å². The Hall–Kier alpha value is -2.24. The Morgan fingerprint density at radius 2 is 2.10 bits per heavy atom. The minimum Gasteiger partial charge on any atom is -0.444 e. The van der Waals surface area contributed by atoms with Crippen LogP contribution in [0.4, 0.5) is 4.79 Å². The fraction of sp³-hybridized carbons (Fsp3) is 0.429. The van der Waals surface area contributed by atoms with Gasteiger partial charge in [0, 0.05) is 0 Å². The van der Waals surface area contributed by atoms with Crippen LogP contribution in [0, 0.1) is 0 Å². The molecule has 1 heterocycles. The van der Waals surface area contributed by atoms with Crippen molar-refractivity contribution in [3.05, 3.63) is 34.3 Å². The largest absolute Gasteiger partial charge is 0.444 e. The number of aromatic nitrogens is 1. The van der Waals surface area contributed by atoms with E-state index in [2.05, 4.69) is 10.3 Å². The lowest BCUT2D eigenvalue weighted by molar-refractivity contribution is 0.0508. The van der Waals surface area contributed by atoms with Crippen molar-refractivity contribution >= 4 is 17.2 Å². The first-order chi connectivity index (χ1) is 9.24. The van der Waals surface area contributed by atoms with E-state index in [-0.39, 0.29) is 6.04 Å². The fourth-order valence-corrected chi connectivity index (χ4v) is 1.81. The summed E-state index contributed by atoms with van der Waals surface area (Å²) in [4.78, 5) is 25.4. The van der Waals surface area contributed by atoms with Crippen LogP contribution >= 0.6 is 0 Å². The Morgan fingerprint density at radius 1 is 1.40 bits per heavy atom. The number of hydrogen-bond acceptors (Lipinski definition) is 4. The maximum absolute atomic E-state index is 11.7. The monoisotopic (exact) mass is 278 g/mol. The molecule has 2 N–H and O–H groups in total. The summed E-state index contributed by atoms with van der Waals surface area (Å²) in [5.74, 6) is -0.495. The van der Waals surface area contributed by atoms with Crippen LogP contribution < -0.4 is 11.1 Å². The molecule has 1 amide bonds. The lowest BCUT2D eigenvalue weighted by atomic mass is 10.1. The van der Waals surface area contributed by atoms with E-state index >= 15 is 0 Å². The molecular weight excluding hydrogens is 260 g/mol. The van der Waals surface area contributed by atoms with Crippen molar-refractivity contribution in [2.45, 2.75) is 39.3 Å². The molecule has 1 unspecified atom stereocenters. The molecule has 0 fully saturated rings. The summed E-state index contributed by atoms with van der Waals surface area (Å²) in [5.41, 5.74) is 1.40. The summed E-state index contributed by atoms with van der Waals surface area (Å²) in [7, 11) is 0. The van der Waals surface area contributed by atoms with Gasteiger partial charge in [0.15, 0.2) is 5.58 Å².